The van der Waals surface area contributed by atoms with Crippen molar-refractivity contribution in [3.05, 3.63) is 69.8 Å². The zero-order valence-electron chi connectivity index (χ0n) is 15.9. The Kier molecular flexibility index (Phi) is 7.24. The number of esters is 1. The zero-order chi connectivity index (χ0) is 21.4. The second-order valence-electron chi connectivity index (χ2n) is 6.15. The average molecular weight is 400 g/mol. The molecule has 10 nitrogen and oxygen atoms in total. The van der Waals surface area contributed by atoms with Crippen molar-refractivity contribution in [1.82, 2.24) is 10.6 Å². The molecule has 0 saturated carbocycles. The van der Waals surface area contributed by atoms with Gasteiger partial charge in [-0.05, 0) is 17.7 Å². The Hall–Kier alpha value is -3.95. The highest BCUT2D eigenvalue weighted by atomic mass is 16.6. The van der Waals surface area contributed by atoms with Crippen LogP contribution in [0.4, 0.5) is 16.2 Å². The summed E-state index contributed by atoms with van der Waals surface area (Å²) in [6.45, 7) is -0.484. The third-order valence-electron chi connectivity index (χ3n) is 3.77. The molecular formula is C19H20N4O6. The molecule has 0 fully saturated rings. The van der Waals surface area contributed by atoms with E-state index in [1.807, 2.05) is 35.6 Å². The molecule has 2 aromatic carbocycles. The molecule has 29 heavy (non-hydrogen) atoms. The molecule has 10 heteroatoms. The summed E-state index contributed by atoms with van der Waals surface area (Å²) >= 11 is 0. The van der Waals surface area contributed by atoms with Crippen LogP contribution >= 0.6 is 0 Å². The summed E-state index contributed by atoms with van der Waals surface area (Å²) in [5, 5.41) is 15.7. The van der Waals surface area contributed by atoms with Gasteiger partial charge in [-0.3, -0.25) is 20.2 Å². The van der Waals surface area contributed by atoms with Crippen LogP contribution in [0.5, 0.6) is 0 Å². The van der Waals surface area contributed by atoms with E-state index in [1.54, 1.807) is 14.1 Å². The number of hydrogen-bond donors (Lipinski definition) is 2. The number of ether oxygens (including phenoxy) is 1. The number of nitrogens with one attached hydrogen (secondary N) is 2. The first kappa shape index (κ1) is 21.4. The van der Waals surface area contributed by atoms with Crippen LogP contribution in [0.3, 0.4) is 0 Å². The lowest BCUT2D eigenvalue weighted by Crippen LogP contribution is -2.41. The molecule has 0 spiro atoms. The number of amides is 3. The lowest BCUT2D eigenvalue weighted by Gasteiger charge is -2.13. The van der Waals surface area contributed by atoms with Gasteiger partial charge in [0.15, 0.2) is 6.61 Å². The van der Waals surface area contributed by atoms with E-state index in [2.05, 4.69) is 5.32 Å². The number of hydrogen-bond acceptors (Lipinski definition) is 7. The molecule has 0 atom stereocenters. The topological polar surface area (TPSA) is 131 Å². The van der Waals surface area contributed by atoms with E-state index in [0.717, 1.165) is 11.6 Å². The maximum Gasteiger partial charge on any atom is 0.338 e. The summed E-state index contributed by atoms with van der Waals surface area (Å²) < 4.78 is 4.82. The predicted molar refractivity (Wildman–Crippen MR) is 105 cm³/mol. The molecule has 0 aliphatic heterocycles. The lowest BCUT2D eigenvalue weighted by atomic mass is 10.1. The molecule has 2 aromatic rings. The Morgan fingerprint density at radius 3 is 2.41 bits per heavy atom. The molecule has 0 unspecified atom stereocenters. The molecule has 0 heterocycles. The Bertz CT molecular complexity index is 914. The first-order valence-corrected chi connectivity index (χ1v) is 8.52. The number of nitro benzene ring substituents is 1. The van der Waals surface area contributed by atoms with Crippen LogP contribution in [0.25, 0.3) is 0 Å². The van der Waals surface area contributed by atoms with Gasteiger partial charge in [-0.25, -0.2) is 9.59 Å². The van der Waals surface area contributed by atoms with Crippen molar-refractivity contribution in [1.29, 1.82) is 0 Å². The van der Waals surface area contributed by atoms with Gasteiger partial charge in [0.05, 0.1) is 10.5 Å². The van der Waals surface area contributed by atoms with Gasteiger partial charge in [0.2, 0.25) is 0 Å². The van der Waals surface area contributed by atoms with E-state index in [0.29, 0.717) is 5.69 Å². The zero-order valence-corrected chi connectivity index (χ0v) is 15.9. The molecular weight excluding hydrogens is 380 g/mol. The summed E-state index contributed by atoms with van der Waals surface area (Å²) in [7, 11) is 3.26. The SMILES string of the molecule is CN(C)c1ccc(C(=O)OCC(=O)NC(=O)NCc2ccccc2)cc1[N+](=O)[O-]. The highest BCUT2D eigenvalue weighted by Gasteiger charge is 2.20. The number of carbonyl (C=O) groups is 3. The van der Waals surface area contributed by atoms with E-state index in [4.69, 9.17) is 4.74 Å². The highest BCUT2D eigenvalue weighted by molar-refractivity contribution is 5.97. The van der Waals surface area contributed by atoms with Gasteiger partial charge >= 0.3 is 12.0 Å². The smallest absolute Gasteiger partial charge is 0.338 e. The van der Waals surface area contributed by atoms with E-state index in [1.165, 1.54) is 17.0 Å². The van der Waals surface area contributed by atoms with Crippen LogP contribution in [0.1, 0.15) is 15.9 Å². The molecule has 0 aliphatic carbocycles. The van der Waals surface area contributed by atoms with Gasteiger partial charge in [0.1, 0.15) is 5.69 Å². The first-order valence-electron chi connectivity index (χ1n) is 8.52. The number of urea groups is 1. The fourth-order valence-electron chi connectivity index (χ4n) is 2.37. The number of rotatable bonds is 7. The summed E-state index contributed by atoms with van der Waals surface area (Å²) in [5.41, 5.74) is 0.821. The standard InChI is InChI=1S/C19H20N4O6/c1-22(2)15-9-8-14(10-16(15)23(27)28)18(25)29-12-17(24)21-19(26)20-11-13-6-4-3-5-7-13/h3-10H,11-12H2,1-2H3,(H2,20,21,24,26). The second kappa shape index (κ2) is 9.83. The second-order valence-corrected chi connectivity index (χ2v) is 6.15. The molecule has 2 N–H and O–H groups in total. The number of carbonyl (C=O) groups excluding carboxylic acids is 3. The minimum absolute atomic E-state index is 0.0800. The number of nitrogens with zero attached hydrogens (tertiary/aromatic N) is 2. The Balaban J connectivity index is 1.86. The molecule has 0 saturated heterocycles. The van der Waals surface area contributed by atoms with E-state index in [9.17, 15) is 24.5 Å². The summed E-state index contributed by atoms with van der Waals surface area (Å²) in [4.78, 5) is 47.6. The largest absolute Gasteiger partial charge is 0.452 e. The van der Waals surface area contributed by atoms with Crippen molar-refractivity contribution >= 4 is 29.3 Å². The molecule has 0 radical (unpaired) electrons. The van der Waals surface area contributed by atoms with E-state index < -0.39 is 29.4 Å². The highest BCUT2D eigenvalue weighted by Crippen LogP contribution is 2.27. The molecule has 3 amide bonds. The predicted octanol–water partition coefficient (Wildman–Crippen LogP) is 1.84. The third kappa shape index (κ3) is 6.31. The minimum atomic E-state index is -0.918. The summed E-state index contributed by atoms with van der Waals surface area (Å²) in [6, 6.07) is 12.2. The average Bonchev–Trinajstić information content (AvgIpc) is 2.70. The summed E-state index contributed by atoms with van der Waals surface area (Å²) in [6.07, 6.45) is 0. The van der Waals surface area contributed by atoms with Gasteiger partial charge in [0, 0.05) is 26.7 Å². The van der Waals surface area contributed by atoms with Gasteiger partial charge in [-0.2, -0.15) is 0 Å². The fraction of sp³-hybridized carbons (Fsp3) is 0.211. The van der Waals surface area contributed by atoms with Crippen LogP contribution in [0.2, 0.25) is 0 Å². The van der Waals surface area contributed by atoms with Crippen molar-refractivity contribution in [3.63, 3.8) is 0 Å². The number of benzene rings is 2. The van der Waals surface area contributed by atoms with Crippen molar-refractivity contribution < 1.29 is 24.0 Å². The van der Waals surface area contributed by atoms with Gasteiger partial charge in [-0.15, -0.1) is 0 Å². The van der Waals surface area contributed by atoms with Gasteiger partial charge < -0.3 is 15.0 Å². The van der Waals surface area contributed by atoms with Crippen LogP contribution in [0.15, 0.2) is 48.5 Å². The Labute approximate surface area is 166 Å². The minimum Gasteiger partial charge on any atom is -0.452 e. The van der Waals surface area contributed by atoms with Crippen LogP contribution in [-0.2, 0) is 16.1 Å². The van der Waals surface area contributed by atoms with Gasteiger partial charge in [-0.1, -0.05) is 30.3 Å². The van der Waals surface area contributed by atoms with Crippen LogP contribution < -0.4 is 15.5 Å². The van der Waals surface area contributed by atoms with Crippen molar-refractivity contribution in [2.45, 2.75) is 6.54 Å². The van der Waals surface area contributed by atoms with Crippen LogP contribution in [0, 0.1) is 10.1 Å². The summed E-state index contributed by atoms with van der Waals surface area (Å²) in [5.74, 6) is -1.75. The Morgan fingerprint density at radius 1 is 1.10 bits per heavy atom. The monoisotopic (exact) mass is 400 g/mol. The van der Waals surface area contributed by atoms with Crippen LogP contribution in [-0.4, -0.2) is 43.5 Å². The molecule has 152 valence electrons. The Morgan fingerprint density at radius 2 is 1.79 bits per heavy atom. The molecule has 0 bridgehead atoms. The first-order chi connectivity index (χ1) is 13.8. The number of nitro groups is 1. The quantitative estimate of drug-likeness (QED) is 0.412. The van der Waals surface area contributed by atoms with E-state index >= 15 is 0 Å². The van der Waals surface area contributed by atoms with Crippen molar-refractivity contribution in [3.8, 4) is 0 Å². The maximum atomic E-state index is 12.1. The molecule has 0 aliphatic rings. The van der Waals surface area contributed by atoms with Crippen molar-refractivity contribution in [2.24, 2.45) is 0 Å². The van der Waals surface area contributed by atoms with Crippen molar-refractivity contribution in [2.75, 3.05) is 25.6 Å². The maximum absolute atomic E-state index is 12.1. The molecule has 0 aromatic heterocycles. The van der Waals surface area contributed by atoms with Gasteiger partial charge in [0.25, 0.3) is 11.6 Å². The molecule has 2 rings (SSSR count). The van der Waals surface area contributed by atoms with E-state index in [-0.39, 0.29) is 17.8 Å². The lowest BCUT2D eigenvalue weighted by molar-refractivity contribution is -0.384. The number of anilines is 1. The normalized spacial score (nSPS) is 10.0. The number of imide groups is 1. The third-order valence-corrected chi connectivity index (χ3v) is 3.77. The fourth-order valence-corrected chi connectivity index (χ4v) is 2.37.